The molecule has 0 amide bonds. The molecule has 4 rings (SSSR count). The van der Waals surface area contributed by atoms with Crippen molar-refractivity contribution >= 4 is 22.1 Å². The molecular weight excluding hydrogens is 328 g/mol. The molecule has 1 heterocycles. The average molecular weight is 350 g/mol. The van der Waals surface area contributed by atoms with Gasteiger partial charge < -0.3 is 24.8 Å². The number of hydrogen-bond acceptors (Lipinski definition) is 5. The van der Waals surface area contributed by atoms with E-state index in [0.717, 1.165) is 28.5 Å². The standard InChI is InChI=1S/C21H22N2O3/c1-24-14-10-11-17(25-2)20(18(12-14)26-3)21-22-15-8-4-6-13-7-5-9-16(23-21)19(13)15/h4-12,14,21-23H,1-3H3. The molecule has 1 aliphatic carbocycles. The van der Waals surface area contributed by atoms with Gasteiger partial charge in [0.2, 0.25) is 0 Å². The molecule has 2 N–H and O–H groups in total. The van der Waals surface area contributed by atoms with Crippen molar-refractivity contribution in [2.75, 3.05) is 32.0 Å². The van der Waals surface area contributed by atoms with Crippen molar-refractivity contribution in [2.24, 2.45) is 0 Å². The molecule has 1 aliphatic heterocycles. The highest BCUT2D eigenvalue weighted by Crippen LogP contribution is 2.38. The Bertz CT molecular complexity index is 889. The molecular formula is C21H22N2O3. The molecule has 0 saturated heterocycles. The lowest BCUT2D eigenvalue weighted by atomic mass is 10.0. The summed E-state index contributed by atoms with van der Waals surface area (Å²) in [5.74, 6) is 1.45. The molecule has 0 bridgehead atoms. The van der Waals surface area contributed by atoms with Gasteiger partial charge in [-0.2, -0.15) is 0 Å². The summed E-state index contributed by atoms with van der Waals surface area (Å²) in [5.41, 5.74) is 3.06. The van der Waals surface area contributed by atoms with E-state index in [2.05, 4.69) is 47.0 Å². The molecule has 1 atom stereocenters. The van der Waals surface area contributed by atoms with E-state index in [4.69, 9.17) is 14.2 Å². The van der Waals surface area contributed by atoms with E-state index in [1.165, 1.54) is 10.8 Å². The van der Waals surface area contributed by atoms with Crippen LogP contribution < -0.4 is 10.6 Å². The number of benzene rings is 2. The third-order valence-electron chi connectivity index (χ3n) is 4.79. The Hall–Kier alpha value is -2.92. The molecule has 0 radical (unpaired) electrons. The zero-order valence-electron chi connectivity index (χ0n) is 15.1. The Morgan fingerprint density at radius 3 is 2.15 bits per heavy atom. The number of hydrogen-bond donors (Lipinski definition) is 2. The number of rotatable bonds is 4. The third kappa shape index (κ3) is 2.70. The van der Waals surface area contributed by atoms with E-state index < -0.39 is 0 Å². The molecule has 134 valence electrons. The van der Waals surface area contributed by atoms with Crippen molar-refractivity contribution < 1.29 is 14.2 Å². The number of anilines is 2. The minimum atomic E-state index is -0.197. The number of methoxy groups -OCH3 is 3. The lowest BCUT2D eigenvalue weighted by molar-refractivity contribution is 0.172. The van der Waals surface area contributed by atoms with Crippen molar-refractivity contribution in [3.63, 3.8) is 0 Å². The van der Waals surface area contributed by atoms with Crippen molar-refractivity contribution in [3.8, 4) is 0 Å². The van der Waals surface area contributed by atoms with Crippen molar-refractivity contribution in [1.82, 2.24) is 0 Å². The maximum absolute atomic E-state index is 5.69. The van der Waals surface area contributed by atoms with Crippen LogP contribution in [0.3, 0.4) is 0 Å². The molecule has 0 saturated carbocycles. The Labute approximate surface area is 152 Å². The third-order valence-corrected chi connectivity index (χ3v) is 4.79. The summed E-state index contributed by atoms with van der Waals surface area (Å²) in [5, 5.41) is 9.54. The second kappa shape index (κ2) is 6.77. The fourth-order valence-electron chi connectivity index (χ4n) is 3.55. The lowest BCUT2D eigenvalue weighted by Crippen LogP contribution is -2.35. The van der Waals surface area contributed by atoms with Crippen molar-refractivity contribution in [1.29, 1.82) is 0 Å². The van der Waals surface area contributed by atoms with E-state index in [1.54, 1.807) is 21.3 Å². The predicted molar refractivity (Wildman–Crippen MR) is 104 cm³/mol. The summed E-state index contributed by atoms with van der Waals surface area (Å²) in [4.78, 5) is 0. The van der Waals surface area contributed by atoms with Gasteiger partial charge in [0.05, 0.1) is 25.9 Å². The largest absolute Gasteiger partial charge is 0.496 e. The molecule has 0 aromatic heterocycles. The minimum absolute atomic E-state index is 0.174. The molecule has 2 aromatic carbocycles. The fraction of sp³-hybridized carbons (Fsp3) is 0.238. The Morgan fingerprint density at radius 2 is 1.58 bits per heavy atom. The van der Waals surface area contributed by atoms with Crippen LogP contribution >= 0.6 is 0 Å². The molecule has 1 unspecified atom stereocenters. The first kappa shape index (κ1) is 16.5. The number of allylic oxidation sites excluding steroid dienone is 1. The Kier molecular flexibility index (Phi) is 4.31. The van der Waals surface area contributed by atoms with Crippen LogP contribution in [0, 0.1) is 0 Å². The number of nitrogens with one attached hydrogen (secondary N) is 2. The van der Waals surface area contributed by atoms with Crippen molar-refractivity contribution in [2.45, 2.75) is 12.3 Å². The fourth-order valence-corrected chi connectivity index (χ4v) is 3.55. The van der Waals surface area contributed by atoms with Crippen LogP contribution in [0.1, 0.15) is 0 Å². The summed E-state index contributed by atoms with van der Waals surface area (Å²) in [7, 11) is 5.00. The van der Waals surface area contributed by atoms with Gasteiger partial charge in [-0.05, 0) is 35.7 Å². The first-order valence-corrected chi connectivity index (χ1v) is 8.55. The van der Waals surface area contributed by atoms with Gasteiger partial charge in [0.25, 0.3) is 0 Å². The summed E-state index contributed by atoms with van der Waals surface area (Å²) in [6.07, 6.45) is 5.45. The van der Waals surface area contributed by atoms with Gasteiger partial charge in [-0.3, -0.25) is 0 Å². The van der Waals surface area contributed by atoms with Crippen LogP contribution in [0.15, 0.2) is 71.7 Å². The smallest absolute Gasteiger partial charge is 0.130 e. The highest BCUT2D eigenvalue weighted by Gasteiger charge is 2.29. The monoisotopic (exact) mass is 350 g/mol. The quantitative estimate of drug-likeness (QED) is 0.872. The first-order chi connectivity index (χ1) is 12.7. The van der Waals surface area contributed by atoms with Gasteiger partial charge in [0, 0.05) is 23.9 Å². The average Bonchev–Trinajstić information content (AvgIpc) is 2.87. The highest BCUT2D eigenvalue weighted by atomic mass is 16.5. The second-order valence-electron chi connectivity index (χ2n) is 6.21. The van der Waals surface area contributed by atoms with Crippen LogP contribution in [-0.4, -0.2) is 33.6 Å². The number of ether oxygens (including phenoxy) is 3. The summed E-state index contributed by atoms with van der Waals surface area (Å²) >= 11 is 0. The van der Waals surface area contributed by atoms with E-state index in [-0.39, 0.29) is 12.3 Å². The lowest BCUT2D eigenvalue weighted by Gasteiger charge is -2.32. The van der Waals surface area contributed by atoms with E-state index in [9.17, 15) is 0 Å². The van der Waals surface area contributed by atoms with E-state index in [1.807, 2.05) is 18.2 Å². The van der Waals surface area contributed by atoms with Gasteiger partial charge in [-0.15, -0.1) is 0 Å². The molecule has 5 nitrogen and oxygen atoms in total. The summed E-state index contributed by atoms with van der Waals surface area (Å²) in [6, 6.07) is 12.5. The SMILES string of the molecule is COC1=CC(OC)C=CC(OC)=C1C1Nc2cccc3cccc(c23)N1. The first-order valence-electron chi connectivity index (χ1n) is 8.55. The maximum Gasteiger partial charge on any atom is 0.130 e. The predicted octanol–water partition coefficient (Wildman–Crippen LogP) is 4.02. The van der Waals surface area contributed by atoms with Crippen LogP contribution in [0.5, 0.6) is 0 Å². The second-order valence-corrected chi connectivity index (χ2v) is 6.21. The molecule has 26 heavy (non-hydrogen) atoms. The zero-order chi connectivity index (χ0) is 18.1. The summed E-state index contributed by atoms with van der Waals surface area (Å²) in [6.45, 7) is 0. The summed E-state index contributed by atoms with van der Waals surface area (Å²) < 4.78 is 16.8. The Morgan fingerprint density at radius 1 is 0.885 bits per heavy atom. The molecule has 5 heteroatoms. The van der Waals surface area contributed by atoms with Crippen LogP contribution in [0.25, 0.3) is 10.8 Å². The van der Waals surface area contributed by atoms with E-state index >= 15 is 0 Å². The molecule has 0 fully saturated rings. The van der Waals surface area contributed by atoms with Crippen molar-refractivity contribution in [3.05, 3.63) is 71.7 Å². The van der Waals surface area contributed by atoms with Crippen LogP contribution in [0.2, 0.25) is 0 Å². The van der Waals surface area contributed by atoms with Crippen LogP contribution in [0.4, 0.5) is 11.4 Å². The van der Waals surface area contributed by atoms with Crippen LogP contribution in [-0.2, 0) is 14.2 Å². The van der Waals surface area contributed by atoms with Gasteiger partial charge in [-0.1, -0.05) is 24.3 Å². The maximum atomic E-state index is 5.69. The normalized spacial score (nSPS) is 19.5. The molecule has 2 aliphatic rings. The van der Waals surface area contributed by atoms with Gasteiger partial charge >= 0.3 is 0 Å². The molecule has 0 spiro atoms. The highest BCUT2D eigenvalue weighted by molar-refractivity contribution is 6.05. The van der Waals surface area contributed by atoms with Gasteiger partial charge in [0.1, 0.15) is 17.7 Å². The van der Waals surface area contributed by atoms with E-state index in [0.29, 0.717) is 0 Å². The minimum Gasteiger partial charge on any atom is -0.496 e. The molecule has 2 aromatic rings. The van der Waals surface area contributed by atoms with Gasteiger partial charge in [-0.25, -0.2) is 0 Å². The zero-order valence-corrected chi connectivity index (χ0v) is 15.1. The Balaban J connectivity index is 1.81. The van der Waals surface area contributed by atoms with Gasteiger partial charge in [0.15, 0.2) is 0 Å². The topological polar surface area (TPSA) is 51.8 Å².